The number of ether oxygens (including phenoxy) is 1. The maximum atomic E-state index is 11.7. The highest BCUT2D eigenvalue weighted by Gasteiger charge is 2.15. The zero-order valence-electron chi connectivity index (χ0n) is 10.8. The molecule has 0 saturated heterocycles. The quantitative estimate of drug-likeness (QED) is 0.761. The fourth-order valence-electron chi connectivity index (χ4n) is 1.71. The Labute approximate surface area is 105 Å². The van der Waals surface area contributed by atoms with Crippen LogP contribution in [-0.2, 0) is 18.3 Å². The monoisotopic (exact) mass is 248 g/mol. The van der Waals surface area contributed by atoms with Crippen LogP contribution < -0.4 is 0 Å². The molecule has 0 unspecified atom stereocenters. The highest BCUT2D eigenvalue weighted by molar-refractivity contribution is 5.85. The molecule has 0 radical (unpaired) electrons. The summed E-state index contributed by atoms with van der Waals surface area (Å²) in [4.78, 5) is 15.7. The predicted octanol–water partition coefficient (Wildman–Crippen LogP) is 1.15. The molecule has 0 spiro atoms. The Kier molecular flexibility index (Phi) is 3.45. The van der Waals surface area contributed by atoms with Crippen molar-refractivity contribution in [3.05, 3.63) is 35.7 Å². The van der Waals surface area contributed by atoms with Crippen LogP contribution in [0.4, 0.5) is 0 Å². The summed E-state index contributed by atoms with van der Waals surface area (Å²) < 4.78 is 8.52. The number of carbonyl (C=O) groups excluding carboxylic acids is 1. The molecule has 0 aliphatic rings. The van der Waals surface area contributed by atoms with Gasteiger partial charge in [-0.05, 0) is 13.8 Å². The van der Waals surface area contributed by atoms with Gasteiger partial charge in [0.15, 0.2) is 0 Å². The second-order valence-electron chi connectivity index (χ2n) is 3.98. The van der Waals surface area contributed by atoms with E-state index in [1.165, 1.54) is 0 Å². The van der Waals surface area contributed by atoms with E-state index in [1.807, 2.05) is 14.0 Å². The van der Waals surface area contributed by atoms with Crippen molar-refractivity contribution >= 4 is 5.97 Å². The highest BCUT2D eigenvalue weighted by Crippen LogP contribution is 2.10. The zero-order valence-corrected chi connectivity index (χ0v) is 10.8. The lowest BCUT2D eigenvalue weighted by Gasteiger charge is -2.06. The fourth-order valence-corrected chi connectivity index (χ4v) is 1.71. The van der Waals surface area contributed by atoms with Gasteiger partial charge in [0.2, 0.25) is 5.82 Å². The third-order valence-corrected chi connectivity index (χ3v) is 2.85. The fraction of sp³-hybridized carbons (Fsp3) is 0.417. The summed E-state index contributed by atoms with van der Waals surface area (Å²) in [6.45, 7) is 4.67. The van der Waals surface area contributed by atoms with E-state index in [0.29, 0.717) is 19.0 Å². The molecule has 0 amide bonds. The van der Waals surface area contributed by atoms with Crippen LogP contribution in [0, 0.1) is 6.92 Å². The van der Waals surface area contributed by atoms with Gasteiger partial charge in [-0.15, -0.1) is 0 Å². The van der Waals surface area contributed by atoms with E-state index in [2.05, 4.69) is 10.1 Å². The Balaban J connectivity index is 2.22. The Morgan fingerprint density at radius 1 is 1.50 bits per heavy atom. The van der Waals surface area contributed by atoms with Gasteiger partial charge in [0.05, 0.1) is 19.3 Å². The van der Waals surface area contributed by atoms with Gasteiger partial charge >= 0.3 is 5.97 Å². The Hall–Kier alpha value is -2.11. The first-order valence-electron chi connectivity index (χ1n) is 5.79. The van der Waals surface area contributed by atoms with Crippen LogP contribution in [0.25, 0.3) is 0 Å². The molecule has 0 atom stereocenters. The lowest BCUT2D eigenvalue weighted by atomic mass is 10.2. The van der Waals surface area contributed by atoms with Crippen LogP contribution in [-0.4, -0.2) is 31.9 Å². The van der Waals surface area contributed by atoms with Crippen LogP contribution in [0.3, 0.4) is 0 Å². The first-order valence-corrected chi connectivity index (χ1v) is 5.79. The van der Waals surface area contributed by atoms with Crippen LogP contribution in [0.1, 0.15) is 28.8 Å². The highest BCUT2D eigenvalue weighted by atomic mass is 16.5. The van der Waals surface area contributed by atoms with Crippen LogP contribution >= 0.6 is 0 Å². The molecule has 96 valence electrons. The van der Waals surface area contributed by atoms with E-state index in [-0.39, 0.29) is 0 Å². The summed E-state index contributed by atoms with van der Waals surface area (Å²) in [7, 11) is 1.89. The standard InChI is InChI=1S/C12H16N4O2/c1-4-18-12(17)11-13-5-6-16(11)8-10-7-14-15(3)9(10)2/h5-7H,4,8H2,1-3H3. The van der Waals surface area contributed by atoms with Gasteiger partial charge in [0.1, 0.15) is 0 Å². The molecule has 6 heteroatoms. The second kappa shape index (κ2) is 5.03. The largest absolute Gasteiger partial charge is 0.460 e. The second-order valence-corrected chi connectivity index (χ2v) is 3.98. The number of nitrogens with zero attached hydrogens (tertiary/aromatic N) is 4. The molecule has 0 aliphatic heterocycles. The van der Waals surface area contributed by atoms with Gasteiger partial charge in [-0.25, -0.2) is 9.78 Å². The number of aromatic nitrogens is 4. The lowest BCUT2D eigenvalue weighted by molar-refractivity contribution is 0.0507. The first-order chi connectivity index (χ1) is 8.63. The average molecular weight is 248 g/mol. The van der Waals surface area contributed by atoms with E-state index >= 15 is 0 Å². The van der Waals surface area contributed by atoms with Crippen molar-refractivity contribution in [3.63, 3.8) is 0 Å². The molecule has 2 heterocycles. The normalized spacial score (nSPS) is 10.6. The summed E-state index contributed by atoms with van der Waals surface area (Å²) in [5.41, 5.74) is 2.12. The predicted molar refractivity (Wildman–Crippen MR) is 65.2 cm³/mol. The van der Waals surface area contributed by atoms with Crippen LogP contribution in [0.5, 0.6) is 0 Å². The number of hydrogen-bond donors (Lipinski definition) is 0. The van der Waals surface area contributed by atoms with E-state index in [4.69, 9.17) is 4.74 Å². The van der Waals surface area contributed by atoms with Gasteiger partial charge in [0, 0.05) is 30.7 Å². The number of hydrogen-bond acceptors (Lipinski definition) is 4. The molecule has 2 rings (SSSR count). The summed E-state index contributed by atoms with van der Waals surface area (Å²) in [6, 6.07) is 0. The number of imidazole rings is 1. The molecular weight excluding hydrogens is 232 g/mol. The van der Waals surface area contributed by atoms with Crippen molar-refractivity contribution in [2.24, 2.45) is 7.05 Å². The van der Waals surface area contributed by atoms with Crippen molar-refractivity contribution < 1.29 is 9.53 Å². The minimum Gasteiger partial charge on any atom is -0.460 e. The van der Waals surface area contributed by atoms with Crippen molar-refractivity contribution in [1.82, 2.24) is 19.3 Å². The number of aryl methyl sites for hydroxylation is 1. The molecule has 0 N–H and O–H groups in total. The van der Waals surface area contributed by atoms with E-state index in [1.54, 1.807) is 34.8 Å². The molecule has 6 nitrogen and oxygen atoms in total. The zero-order chi connectivity index (χ0) is 13.1. The van der Waals surface area contributed by atoms with Crippen molar-refractivity contribution in [3.8, 4) is 0 Å². The topological polar surface area (TPSA) is 61.9 Å². The number of rotatable bonds is 4. The van der Waals surface area contributed by atoms with Crippen molar-refractivity contribution in [2.45, 2.75) is 20.4 Å². The molecule has 2 aromatic rings. The van der Waals surface area contributed by atoms with Crippen LogP contribution in [0.2, 0.25) is 0 Å². The molecule has 0 bridgehead atoms. The smallest absolute Gasteiger partial charge is 0.374 e. The summed E-state index contributed by atoms with van der Waals surface area (Å²) >= 11 is 0. The van der Waals surface area contributed by atoms with Gasteiger partial charge in [0.25, 0.3) is 0 Å². The molecule has 18 heavy (non-hydrogen) atoms. The third kappa shape index (κ3) is 2.27. The van der Waals surface area contributed by atoms with Gasteiger partial charge in [-0.3, -0.25) is 4.68 Å². The molecule has 0 aromatic carbocycles. The van der Waals surface area contributed by atoms with Gasteiger partial charge in [-0.1, -0.05) is 0 Å². The molecular formula is C12H16N4O2. The third-order valence-electron chi connectivity index (χ3n) is 2.85. The molecule has 2 aromatic heterocycles. The minimum atomic E-state index is -0.399. The number of carbonyl (C=O) groups is 1. The molecule has 0 saturated carbocycles. The van der Waals surface area contributed by atoms with Crippen molar-refractivity contribution in [1.29, 1.82) is 0 Å². The first kappa shape index (κ1) is 12.3. The van der Waals surface area contributed by atoms with Gasteiger partial charge in [-0.2, -0.15) is 5.10 Å². The Morgan fingerprint density at radius 2 is 2.28 bits per heavy atom. The summed E-state index contributed by atoms with van der Waals surface area (Å²) in [5, 5.41) is 4.17. The minimum absolute atomic E-state index is 0.320. The average Bonchev–Trinajstić information content (AvgIpc) is 2.92. The maximum absolute atomic E-state index is 11.7. The lowest BCUT2D eigenvalue weighted by Crippen LogP contribution is -2.14. The summed E-state index contributed by atoms with van der Waals surface area (Å²) in [5.74, 6) is -0.0795. The SMILES string of the molecule is CCOC(=O)c1nccn1Cc1cnn(C)c1C. The molecule has 0 aliphatic carbocycles. The van der Waals surface area contributed by atoms with Crippen molar-refractivity contribution in [2.75, 3.05) is 6.61 Å². The van der Waals surface area contributed by atoms with E-state index in [9.17, 15) is 4.79 Å². The van der Waals surface area contributed by atoms with E-state index in [0.717, 1.165) is 11.3 Å². The Bertz CT molecular complexity index is 556. The number of esters is 1. The van der Waals surface area contributed by atoms with E-state index < -0.39 is 5.97 Å². The molecule has 0 fully saturated rings. The maximum Gasteiger partial charge on any atom is 0.374 e. The van der Waals surface area contributed by atoms with Gasteiger partial charge < -0.3 is 9.30 Å². The Morgan fingerprint density at radius 3 is 2.89 bits per heavy atom. The van der Waals surface area contributed by atoms with Crippen LogP contribution in [0.15, 0.2) is 18.6 Å². The summed E-state index contributed by atoms with van der Waals surface area (Å²) in [6.07, 6.45) is 5.15.